The fourth-order valence-electron chi connectivity index (χ4n) is 2.98. The average molecular weight is 305 g/mol. The minimum absolute atomic E-state index is 0.483. The summed E-state index contributed by atoms with van der Waals surface area (Å²) in [6.45, 7) is 2.00. The maximum atomic E-state index is 12.0. The van der Waals surface area contributed by atoms with Crippen molar-refractivity contribution in [3.63, 3.8) is 0 Å². The van der Waals surface area contributed by atoms with Crippen molar-refractivity contribution in [2.75, 3.05) is 5.43 Å². The van der Waals surface area contributed by atoms with Gasteiger partial charge in [-0.15, -0.1) is 0 Å². The highest BCUT2D eigenvalue weighted by molar-refractivity contribution is 5.82. The molecule has 1 aromatic carbocycles. The van der Waals surface area contributed by atoms with Crippen molar-refractivity contribution < 1.29 is 9.90 Å². The summed E-state index contributed by atoms with van der Waals surface area (Å²) in [4.78, 5) is 12.0. The first-order valence-electron chi connectivity index (χ1n) is 8.12. The number of nitrogens with two attached hydrogens (primary N) is 1. The van der Waals surface area contributed by atoms with Gasteiger partial charge >= 0.3 is 0 Å². The first-order valence-corrected chi connectivity index (χ1v) is 8.12. The Morgan fingerprint density at radius 3 is 2.55 bits per heavy atom. The molecule has 122 valence electrons. The quantitative estimate of drug-likeness (QED) is 0.606. The molecule has 0 radical (unpaired) electrons. The second-order valence-electron chi connectivity index (χ2n) is 6.33. The highest BCUT2D eigenvalue weighted by Gasteiger charge is 2.26. The molecule has 5 nitrogen and oxygen atoms in total. The number of benzene rings is 1. The van der Waals surface area contributed by atoms with Gasteiger partial charge < -0.3 is 10.8 Å². The molecule has 1 aromatic rings. The smallest absolute Gasteiger partial charge is 0.268 e. The highest BCUT2D eigenvalue weighted by Crippen LogP contribution is 2.27. The topological polar surface area (TPSA) is 87.4 Å². The lowest BCUT2D eigenvalue weighted by atomic mass is 9.84. The summed E-state index contributed by atoms with van der Waals surface area (Å²) in [6, 6.07) is 7.11. The number of aryl methyl sites for hydroxylation is 1. The van der Waals surface area contributed by atoms with Gasteiger partial charge in [0.05, 0.1) is 5.69 Å². The zero-order chi connectivity index (χ0) is 15.9. The number of amides is 1. The Bertz CT molecular complexity index is 469. The number of rotatable bonds is 6. The van der Waals surface area contributed by atoms with Gasteiger partial charge in [-0.2, -0.15) is 0 Å². The van der Waals surface area contributed by atoms with E-state index < -0.39 is 18.1 Å². The van der Waals surface area contributed by atoms with Crippen LogP contribution in [0.5, 0.6) is 0 Å². The van der Waals surface area contributed by atoms with Crippen molar-refractivity contribution in [1.29, 1.82) is 0 Å². The minimum atomic E-state index is -1.18. The van der Waals surface area contributed by atoms with Gasteiger partial charge in [-0.25, -0.2) is 0 Å². The molecular formula is C17H27N3O2. The largest absolute Gasteiger partial charge is 0.382 e. The molecule has 0 aliphatic heterocycles. The van der Waals surface area contributed by atoms with Crippen LogP contribution < -0.4 is 16.6 Å². The monoisotopic (exact) mass is 305 g/mol. The summed E-state index contributed by atoms with van der Waals surface area (Å²) in [7, 11) is 0. The van der Waals surface area contributed by atoms with Crippen LogP contribution in [0.25, 0.3) is 0 Å². The molecule has 5 N–H and O–H groups in total. The van der Waals surface area contributed by atoms with E-state index in [2.05, 4.69) is 10.9 Å². The van der Waals surface area contributed by atoms with E-state index in [0.29, 0.717) is 12.3 Å². The number of hydrogen-bond donors (Lipinski definition) is 4. The highest BCUT2D eigenvalue weighted by atomic mass is 16.3. The molecule has 0 aromatic heterocycles. The lowest BCUT2D eigenvalue weighted by molar-refractivity contribution is -0.130. The Hall–Kier alpha value is -1.59. The SMILES string of the molecule is Cc1ccc(NNC(=O)[C@@H](O)[C@H](N)CC2CCCCC2)cc1. The molecule has 2 rings (SSSR count). The Kier molecular flexibility index (Phi) is 6.21. The lowest BCUT2D eigenvalue weighted by Gasteiger charge is -2.26. The molecule has 1 fully saturated rings. The summed E-state index contributed by atoms with van der Waals surface area (Å²) < 4.78 is 0. The Morgan fingerprint density at radius 2 is 1.91 bits per heavy atom. The van der Waals surface area contributed by atoms with Crippen molar-refractivity contribution in [2.45, 2.75) is 57.6 Å². The predicted octanol–water partition coefficient (Wildman–Crippen LogP) is 2.10. The van der Waals surface area contributed by atoms with Crippen LogP contribution in [0, 0.1) is 12.8 Å². The van der Waals surface area contributed by atoms with Crippen LogP contribution in [0.2, 0.25) is 0 Å². The van der Waals surface area contributed by atoms with Crippen molar-refractivity contribution >= 4 is 11.6 Å². The summed E-state index contributed by atoms with van der Waals surface area (Å²) in [6.07, 6.45) is 5.59. The number of hydrazine groups is 1. The predicted molar refractivity (Wildman–Crippen MR) is 88.1 cm³/mol. The minimum Gasteiger partial charge on any atom is -0.382 e. The number of aliphatic hydroxyl groups excluding tert-OH is 1. The van der Waals surface area contributed by atoms with Crippen LogP contribution in [0.1, 0.15) is 44.1 Å². The zero-order valence-electron chi connectivity index (χ0n) is 13.2. The van der Waals surface area contributed by atoms with E-state index in [-0.39, 0.29) is 0 Å². The number of anilines is 1. The number of carbonyl (C=O) groups excluding carboxylic acids is 1. The molecular weight excluding hydrogens is 278 g/mol. The number of nitrogens with one attached hydrogen (secondary N) is 2. The second kappa shape index (κ2) is 8.15. The van der Waals surface area contributed by atoms with Gasteiger partial charge in [0, 0.05) is 6.04 Å². The summed E-state index contributed by atoms with van der Waals surface area (Å²) in [5.74, 6) is 0.0557. The molecule has 0 heterocycles. The number of hydrogen-bond acceptors (Lipinski definition) is 4. The van der Waals surface area contributed by atoms with E-state index in [1.54, 1.807) is 0 Å². The van der Waals surface area contributed by atoms with E-state index in [0.717, 1.165) is 24.1 Å². The third-order valence-electron chi connectivity index (χ3n) is 4.39. The summed E-state index contributed by atoms with van der Waals surface area (Å²) in [5.41, 5.74) is 13.2. The summed E-state index contributed by atoms with van der Waals surface area (Å²) >= 11 is 0. The van der Waals surface area contributed by atoms with Crippen LogP contribution in [0.4, 0.5) is 5.69 Å². The maximum absolute atomic E-state index is 12.0. The van der Waals surface area contributed by atoms with Crippen LogP contribution in [-0.2, 0) is 4.79 Å². The molecule has 1 amide bonds. The average Bonchev–Trinajstić information content (AvgIpc) is 2.54. The van der Waals surface area contributed by atoms with Crippen molar-refractivity contribution in [3.8, 4) is 0 Å². The molecule has 0 unspecified atom stereocenters. The van der Waals surface area contributed by atoms with Gasteiger partial charge in [0.1, 0.15) is 6.10 Å². The number of carbonyl (C=O) groups is 1. The summed E-state index contributed by atoms with van der Waals surface area (Å²) in [5, 5.41) is 10.1. The molecule has 1 saturated carbocycles. The van der Waals surface area contributed by atoms with Crippen molar-refractivity contribution in [3.05, 3.63) is 29.8 Å². The van der Waals surface area contributed by atoms with Gasteiger partial charge in [0.15, 0.2) is 0 Å². The molecule has 0 bridgehead atoms. The van der Waals surface area contributed by atoms with Gasteiger partial charge in [0.25, 0.3) is 5.91 Å². The number of aliphatic hydroxyl groups is 1. The van der Waals surface area contributed by atoms with E-state index in [1.807, 2.05) is 31.2 Å². The van der Waals surface area contributed by atoms with E-state index in [1.165, 1.54) is 19.3 Å². The van der Waals surface area contributed by atoms with Gasteiger partial charge in [-0.3, -0.25) is 15.6 Å². The van der Waals surface area contributed by atoms with E-state index in [4.69, 9.17) is 5.73 Å². The maximum Gasteiger partial charge on any atom is 0.268 e. The first kappa shape index (κ1) is 16.8. The Morgan fingerprint density at radius 1 is 1.27 bits per heavy atom. The van der Waals surface area contributed by atoms with Crippen LogP contribution in [0.15, 0.2) is 24.3 Å². The zero-order valence-corrected chi connectivity index (χ0v) is 13.2. The molecule has 0 saturated heterocycles. The molecule has 22 heavy (non-hydrogen) atoms. The van der Waals surface area contributed by atoms with Crippen molar-refractivity contribution in [2.24, 2.45) is 11.7 Å². The Labute approximate surface area is 132 Å². The molecule has 1 aliphatic carbocycles. The fourth-order valence-corrected chi connectivity index (χ4v) is 2.98. The van der Waals surface area contributed by atoms with E-state index >= 15 is 0 Å². The van der Waals surface area contributed by atoms with Crippen LogP contribution in [-0.4, -0.2) is 23.2 Å². The normalized spacial score (nSPS) is 18.5. The standard InChI is InChI=1S/C17H27N3O2/c1-12-7-9-14(10-8-12)19-20-17(22)16(21)15(18)11-13-5-3-2-4-6-13/h7-10,13,15-16,19,21H,2-6,11,18H2,1H3,(H,20,22)/t15-,16+/m1/s1. The molecule has 2 atom stereocenters. The van der Waals surface area contributed by atoms with Gasteiger partial charge in [-0.1, -0.05) is 49.8 Å². The van der Waals surface area contributed by atoms with Crippen LogP contribution in [0.3, 0.4) is 0 Å². The third-order valence-corrected chi connectivity index (χ3v) is 4.39. The second-order valence-corrected chi connectivity index (χ2v) is 6.33. The van der Waals surface area contributed by atoms with E-state index in [9.17, 15) is 9.90 Å². The first-order chi connectivity index (χ1) is 10.6. The Balaban J connectivity index is 1.76. The lowest BCUT2D eigenvalue weighted by Crippen LogP contribution is -2.48. The fraction of sp³-hybridized carbons (Fsp3) is 0.588. The molecule has 5 heteroatoms. The third kappa shape index (κ3) is 5.00. The van der Waals surface area contributed by atoms with Gasteiger partial charge in [-0.05, 0) is 31.4 Å². The van der Waals surface area contributed by atoms with Crippen molar-refractivity contribution in [1.82, 2.24) is 5.43 Å². The van der Waals surface area contributed by atoms with Gasteiger partial charge in [0.2, 0.25) is 0 Å². The molecule has 1 aliphatic rings. The van der Waals surface area contributed by atoms with Crippen LogP contribution >= 0.6 is 0 Å². The molecule has 0 spiro atoms.